The molecule has 0 aromatic rings. The van der Waals surface area contributed by atoms with Crippen LogP contribution in [0.15, 0.2) is 28.8 Å². The van der Waals surface area contributed by atoms with E-state index in [9.17, 15) is 0 Å². The zero-order valence-corrected chi connectivity index (χ0v) is 9.52. The quantitative estimate of drug-likeness (QED) is 0.645. The topological polar surface area (TPSA) is 15.6 Å². The van der Waals surface area contributed by atoms with E-state index < -0.39 is 0 Å². The molecule has 2 nitrogen and oxygen atoms in total. The Hall–Kier alpha value is -0.890. The molecule has 0 radical (unpaired) electrons. The van der Waals surface area contributed by atoms with E-state index in [1.807, 2.05) is 0 Å². The Kier molecular flexibility index (Phi) is 3.73. The fourth-order valence-corrected chi connectivity index (χ4v) is 2.20. The minimum atomic E-state index is 0.588. The molecule has 1 saturated heterocycles. The van der Waals surface area contributed by atoms with Gasteiger partial charge in [0.15, 0.2) is 0 Å². The normalized spacial score (nSPS) is 27.5. The van der Waals surface area contributed by atoms with Crippen LogP contribution in [0.3, 0.4) is 0 Å². The molecule has 1 atom stereocenters. The second-order valence-electron chi connectivity index (χ2n) is 4.47. The van der Waals surface area contributed by atoms with Crippen molar-refractivity contribution in [2.75, 3.05) is 20.1 Å². The lowest BCUT2D eigenvalue weighted by atomic mass is 10.1. The van der Waals surface area contributed by atoms with Gasteiger partial charge in [-0.15, -0.1) is 0 Å². The fourth-order valence-electron chi connectivity index (χ4n) is 2.20. The second-order valence-corrected chi connectivity index (χ2v) is 4.47. The van der Waals surface area contributed by atoms with Gasteiger partial charge in [0, 0.05) is 12.3 Å². The van der Waals surface area contributed by atoms with Crippen LogP contribution in [-0.4, -0.2) is 37.3 Å². The Bertz CT molecular complexity index is 289. The molecule has 1 aliphatic carbocycles. The van der Waals surface area contributed by atoms with Crippen molar-refractivity contribution in [1.82, 2.24) is 4.90 Å². The van der Waals surface area contributed by atoms with Gasteiger partial charge >= 0.3 is 0 Å². The third-order valence-corrected chi connectivity index (χ3v) is 3.25. The van der Waals surface area contributed by atoms with Gasteiger partial charge in [-0.25, -0.2) is 0 Å². The van der Waals surface area contributed by atoms with Crippen molar-refractivity contribution in [2.24, 2.45) is 4.99 Å². The smallest absolute Gasteiger partial charge is 0.0599 e. The average molecular weight is 204 g/mol. The van der Waals surface area contributed by atoms with Gasteiger partial charge in [-0.3, -0.25) is 9.89 Å². The maximum absolute atomic E-state index is 4.56. The predicted molar refractivity (Wildman–Crippen MR) is 65.5 cm³/mol. The van der Waals surface area contributed by atoms with Gasteiger partial charge < -0.3 is 0 Å². The van der Waals surface area contributed by atoms with Crippen LogP contribution in [0.2, 0.25) is 0 Å². The summed E-state index contributed by atoms with van der Waals surface area (Å²) in [5, 5.41) is 0. The molecular weight excluding hydrogens is 184 g/mol. The van der Waals surface area contributed by atoms with Crippen molar-refractivity contribution in [1.29, 1.82) is 0 Å². The molecule has 2 rings (SSSR count). The number of allylic oxidation sites excluding steroid dienone is 3. The number of hydrogen-bond donors (Lipinski definition) is 0. The summed E-state index contributed by atoms with van der Waals surface area (Å²) >= 11 is 0. The van der Waals surface area contributed by atoms with Crippen LogP contribution >= 0.6 is 0 Å². The standard InChI is InChI=1S/C13H20N2/c1-15-9-5-8-13(15)11-14-10-12-6-3-2-4-7-12/h2-3,6,11,13H,4-5,7-10H2,1H3. The molecule has 1 unspecified atom stereocenters. The Morgan fingerprint density at radius 1 is 1.60 bits per heavy atom. The SMILES string of the molecule is CN1CCCC1C=NCC1=CC=CCC1. The van der Waals surface area contributed by atoms with E-state index >= 15 is 0 Å². The van der Waals surface area contributed by atoms with Crippen molar-refractivity contribution < 1.29 is 0 Å². The van der Waals surface area contributed by atoms with E-state index in [1.54, 1.807) is 0 Å². The van der Waals surface area contributed by atoms with Crippen LogP contribution in [0.4, 0.5) is 0 Å². The number of aliphatic imine (C=N–C) groups is 1. The molecular formula is C13H20N2. The van der Waals surface area contributed by atoms with Crippen molar-refractivity contribution in [3.8, 4) is 0 Å². The van der Waals surface area contributed by atoms with Crippen LogP contribution in [0.5, 0.6) is 0 Å². The Balaban J connectivity index is 1.79. The summed E-state index contributed by atoms with van der Waals surface area (Å²) in [5.74, 6) is 0. The molecule has 15 heavy (non-hydrogen) atoms. The Morgan fingerprint density at radius 2 is 2.53 bits per heavy atom. The molecule has 1 fully saturated rings. The number of likely N-dealkylation sites (tertiary alicyclic amines) is 1. The predicted octanol–water partition coefficient (Wildman–Crippen LogP) is 2.43. The number of nitrogens with zero attached hydrogens (tertiary/aromatic N) is 2. The fraction of sp³-hybridized carbons (Fsp3) is 0.615. The summed E-state index contributed by atoms with van der Waals surface area (Å²) < 4.78 is 0. The second kappa shape index (κ2) is 5.26. The third-order valence-electron chi connectivity index (χ3n) is 3.25. The van der Waals surface area contributed by atoms with Gasteiger partial charge in [0.25, 0.3) is 0 Å². The van der Waals surface area contributed by atoms with Gasteiger partial charge in [0.05, 0.1) is 6.54 Å². The molecule has 0 saturated carbocycles. The first kappa shape index (κ1) is 10.6. The monoisotopic (exact) mass is 204 g/mol. The lowest BCUT2D eigenvalue weighted by Crippen LogP contribution is -2.26. The van der Waals surface area contributed by atoms with Gasteiger partial charge in [-0.05, 0) is 44.8 Å². The average Bonchev–Trinajstić information content (AvgIpc) is 2.66. The molecule has 0 N–H and O–H groups in total. The van der Waals surface area contributed by atoms with E-state index in [4.69, 9.17) is 0 Å². The molecule has 0 spiro atoms. The van der Waals surface area contributed by atoms with Crippen molar-refractivity contribution in [3.63, 3.8) is 0 Å². The molecule has 0 amide bonds. The summed E-state index contributed by atoms with van der Waals surface area (Å²) in [4.78, 5) is 6.95. The lowest BCUT2D eigenvalue weighted by molar-refractivity contribution is 0.377. The molecule has 0 bridgehead atoms. The van der Waals surface area contributed by atoms with Gasteiger partial charge in [0.2, 0.25) is 0 Å². The number of hydrogen-bond acceptors (Lipinski definition) is 2. The van der Waals surface area contributed by atoms with Crippen LogP contribution in [0, 0.1) is 0 Å². The zero-order chi connectivity index (χ0) is 10.5. The summed E-state index contributed by atoms with van der Waals surface area (Å²) in [6, 6.07) is 0.588. The van der Waals surface area contributed by atoms with Crippen LogP contribution < -0.4 is 0 Å². The molecule has 2 heteroatoms. The van der Waals surface area contributed by atoms with Gasteiger partial charge in [-0.2, -0.15) is 0 Å². The highest BCUT2D eigenvalue weighted by Gasteiger charge is 2.18. The first-order valence-electron chi connectivity index (χ1n) is 5.91. The van der Waals surface area contributed by atoms with Gasteiger partial charge in [0.1, 0.15) is 0 Å². The molecule has 82 valence electrons. The summed E-state index contributed by atoms with van der Waals surface area (Å²) in [5.41, 5.74) is 1.47. The van der Waals surface area contributed by atoms with E-state index in [1.165, 1.54) is 37.8 Å². The Morgan fingerprint density at radius 3 is 3.20 bits per heavy atom. The summed E-state index contributed by atoms with van der Waals surface area (Å²) in [6.45, 7) is 2.12. The van der Waals surface area contributed by atoms with Crippen molar-refractivity contribution in [2.45, 2.75) is 31.7 Å². The van der Waals surface area contributed by atoms with Crippen LogP contribution in [0.1, 0.15) is 25.7 Å². The van der Waals surface area contributed by atoms with Crippen molar-refractivity contribution in [3.05, 3.63) is 23.8 Å². The highest BCUT2D eigenvalue weighted by atomic mass is 15.1. The molecule has 1 aliphatic heterocycles. The minimum absolute atomic E-state index is 0.588. The maximum atomic E-state index is 4.56. The highest BCUT2D eigenvalue weighted by molar-refractivity contribution is 5.65. The van der Waals surface area contributed by atoms with Crippen molar-refractivity contribution >= 4 is 6.21 Å². The largest absolute Gasteiger partial charge is 0.298 e. The minimum Gasteiger partial charge on any atom is -0.298 e. The van der Waals surface area contributed by atoms with E-state index in [0.717, 1.165) is 6.54 Å². The molecule has 1 heterocycles. The third kappa shape index (κ3) is 3.03. The lowest BCUT2D eigenvalue weighted by Gasteiger charge is -2.14. The number of rotatable bonds is 3. The first-order chi connectivity index (χ1) is 7.36. The van der Waals surface area contributed by atoms with Gasteiger partial charge in [-0.1, -0.05) is 18.2 Å². The van der Waals surface area contributed by atoms with E-state index in [-0.39, 0.29) is 0 Å². The van der Waals surface area contributed by atoms with Crippen LogP contribution in [-0.2, 0) is 0 Å². The zero-order valence-electron chi connectivity index (χ0n) is 9.52. The summed E-state index contributed by atoms with van der Waals surface area (Å²) in [7, 11) is 2.19. The molecule has 2 aliphatic rings. The van der Waals surface area contributed by atoms with E-state index in [0.29, 0.717) is 6.04 Å². The van der Waals surface area contributed by atoms with E-state index in [2.05, 4.69) is 41.4 Å². The molecule has 0 aromatic carbocycles. The van der Waals surface area contributed by atoms with Crippen LogP contribution in [0.25, 0.3) is 0 Å². The first-order valence-corrected chi connectivity index (χ1v) is 5.91. The molecule has 0 aromatic heterocycles. The highest BCUT2D eigenvalue weighted by Crippen LogP contribution is 2.14. The Labute approximate surface area is 92.4 Å². The maximum Gasteiger partial charge on any atom is 0.0599 e. The summed E-state index contributed by atoms with van der Waals surface area (Å²) in [6.07, 6.45) is 13.7.